The Bertz CT molecular complexity index is 499. The molecule has 0 atom stereocenters. The number of nitrogens with two attached hydrogens (primary N) is 1. The normalized spacial score (nSPS) is 10.9. The van der Waals surface area contributed by atoms with Crippen LogP contribution in [0.4, 0.5) is 5.82 Å². The van der Waals surface area contributed by atoms with E-state index in [2.05, 4.69) is 16.9 Å². The van der Waals surface area contributed by atoms with Crippen LogP contribution in [0.5, 0.6) is 0 Å². The van der Waals surface area contributed by atoms with Gasteiger partial charge in [0.25, 0.3) is 0 Å². The zero-order valence-electron chi connectivity index (χ0n) is 10.0. The van der Waals surface area contributed by atoms with E-state index < -0.39 is 0 Å². The molecule has 0 radical (unpaired) electrons. The van der Waals surface area contributed by atoms with Crippen LogP contribution in [-0.4, -0.2) is 24.9 Å². The quantitative estimate of drug-likeness (QED) is 0.679. The second kappa shape index (κ2) is 5.99. The van der Waals surface area contributed by atoms with Crippen molar-refractivity contribution in [3.8, 4) is 0 Å². The number of aromatic nitrogens is 2. The van der Waals surface area contributed by atoms with E-state index >= 15 is 0 Å². The van der Waals surface area contributed by atoms with Crippen LogP contribution in [0.3, 0.4) is 0 Å². The molecule has 0 fully saturated rings. The number of nitrogen functional groups attached to an aromatic ring is 1. The van der Waals surface area contributed by atoms with Crippen LogP contribution in [0.15, 0.2) is 24.3 Å². The van der Waals surface area contributed by atoms with Crippen molar-refractivity contribution in [2.75, 3.05) is 5.73 Å². The van der Waals surface area contributed by atoms with E-state index in [0.29, 0.717) is 20.8 Å². The summed E-state index contributed by atoms with van der Waals surface area (Å²) >= 11 is 0.354. The van der Waals surface area contributed by atoms with Gasteiger partial charge < -0.3 is 0 Å². The van der Waals surface area contributed by atoms with Crippen molar-refractivity contribution in [3.63, 3.8) is 0 Å². The number of benzene rings is 1. The second-order valence-corrected chi connectivity index (χ2v) is 6.19. The van der Waals surface area contributed by atoms with Crippen molar-refractivity contribution in [3.05, 3.63) is 24.3 Å². The van der Waals surface area contributed by atoms with Crippen molar-refractivity contribution in [2.45, 2.75) is 31.5 Å². The van der Waals surface area contributed by atoms with Crippen molar-refractivity contribution in [1.29, 1.82) is 0 Å². The van der Waals surface area contributed by atoms with Gasteiger partial charge in [0.2, 0.25) is 0 Å². The van der Waals surface area contributed by atoms with Gasteiger partial charge in [-0.1, -0.05) is 0 Å². The third kappa shape index (κ3) is 3.18. The van der Waals surface area contributed by atoms with Crippen LogP contribution in [-0.2, 0) is 0 Å². The minimum absolute atomic E-state index is 0.354. The molecule has 0 unspecified atom stereocenters. The molecule has 2 rings (SSSR count). The molecular weight excluding hydrogens is 277 g/mol. The van der Waals surface area contributed by atoms with Crippen molar-refractivity contribution in [2.24, 2.45) is 0 Å². The van der Waals surface area contributed by atoms with Crippen LogP contribution < -0.4 is 10.5 Å². The molecule has 0 saturated heterocycles. The summed E-state index contributed by atoms with van der Waals surface area (Å²) in [6, 6.07) is 7.92. The van der Waals surface area contributed by atoms with E-state index in [1.807, 2.05) is 24.3 Å². The molecule has 0 aliphatic carbocycles. The van der Waals surface area contributed by atoms with Gasteiger partial charge in [-0.3, -0.25) is 0 Å². The summed E-state index contributed by atoms with van der Waals surface area (Å²) in [5.41, 5.74) is 6.91. The predicted molar refractivity (Wildman–Crippen MR) is 73.7 cm³/mol. The fourth-order valence-corrected chi connectivity index (χ4v) is 3.46. The molecule has 1 aromatic carbocycles. The Morgan fingerprint density at radius 3 is 2.82 bits per heavy atom. The van der Waals surface area contributed by atoms with Crippen LogP contribution >= 0.6 is 0 Å². The van der Waals surface area contributed by atoms with Gasteiger partial charge in [0, 0.05) is 0 Å². The number of anilines is 1. The maximum atomic E-state index is 5.95. The van der Waals surface area contributed by atoms with Gasteiger partial charge in [-0.25, -0.2) is 0 Å². The Morgan fingerprint density at radius 1 is 1.18 bits per heavy atom. The third-order valence-electron chi connectivity index (χ3n) is 2.59. The Balaban J connectivity index is 2.13. The summed E-state index contributed by atoms with van der Waals surface area (Å²) in [5, 5.41) is 2.17. The van der Waals surface area contributed by atoms with Crippen LogP contribution in [0.25, 0.3) is 10.9 Å². The van der Waals surface area contributed by atoms with E-state index in [1.54, 1.807) is 0 Å². The molecule has 1 heterocycles. The average Bonchev–Trinajstić information content (AvgIpc) is 2.35. The average molecular weight is 294 g/mol. The van der Waals surface area contributed by atoms with Crippen LogP contribution in [0, 0.1) is 0 Å². The number of para-hydroxylation sites is 1. The SMILES string of the molecule is CCCCC[Se]c1nc(N)c2ccccc2n1. The predicted octanol–water partition coefficient (Wildman–Crippen LogP) is 2.15. The van der Waals surface area contributed by atoms with E-state index in [0.717, 1.165) is 15.6 Å². The number of rotatable bonds is 5. The fourth-order valence-electron chi connectivity index (χ4n) is 1.66. The topological polar surface area (TPSA) is 51.8 Å². The first kappa shape index (κ1) is 12.3. The fraction of sp³-hybridized carbons (Fsp3) is 0.385. The van der Waals surface area contributed by atoms with Gasteiger partial charge in [-0.15, -0.1) is 0 Å². The van der Waals surface area contributed by atoms with Crippen molar-refractivity contribution >= 4 is 36.4 Å². The zero-order valence-corrected chi connectivity index (χ0v) is 11.7. The molecule has 0 aliphatic heterocycles. The minimum atomic E-state index is 0.354. The third-order valence-corrected chi connectivity index (χ3v) is 4.55. The van der Waals surface area contributed by atoms with Gasteiger partial charge in [0.1, 0.15) is 0 Å². The second-order valence-electron chi connectivity index (χ2n) is 3.96. The molecule has 0 spiro atoms. The first-order chi connectivity index (χ1) is 8.31. The molecule has 0 bridgehead atoms. The molecule has 2 N–H and O–H groups in total. The van der Waals surface area contributed by atoms with Crippen molar-refractivity contribution in [1.82, 2.24) is 9.97 Å². The number of nitrogens with zero attached hydrogens (tertiary/aromatic N) is 2. The van der Waals surface area contributed by atoms with Crippen LogP contribution in [0.1, 0.15) is 26.2 Å². The molecule has 3 nitrogen and oxygen atoms in total. The molecule has 0 amide bonds. The number of hydrogen-bond acceptors (Lipinski definition) is 3. The Kier molecular flexibility index (Phi) is 4.35. The molecular formula is C13H17N3Se. The van der Waals surface area contributed by atoms with E-state index in [4.69, 9.17) is 5.73 Å². The Labute approximate surface area is 108 Å². The number of unbranched alkanes of at least 4 members (excludes halogenated alkanes) is 2. The first-order valence-electron chi connectivity index (χ1n) is 5.96. The monoisotopic (exact) mass is 295 g/mol. The molecule has 0 saturated carbocycles. The molecule has 1 aromatic heterocycles. The van der Waals surface area contributed by atoms with E-state index in [1.165, 1.54) is 24.6 Å². The molecule has 90 valence electrons. The summed E-state index contributed by atoms with van der Waals surface area (Å²) in [4.78, 5) is 8.96. The van der Waals surface area contributed by atoms with Crippen LogP contribution in [0.2, 0.25) is 5.32 Å². The van der Waals surface area contributed by atoms with E-state index in [9.17, 15) is 0 Å². The summed E-state index contributed by atoms with van der Waals surface area (Å²) < 4.78 is 0.935. The van der Waals surface area contributed by atoms with Gasteiger partial charge >= 0.3 is 108 Å². The first-order valence-corrected chi connectivity index (χ1v) is 8.03. The van der Waals surface area contributed by atoms with E-state index in [-0.39, 0.29) is 0 Å². The summed E-state index contributed by atoms with van der Waals surface area (Å²) in [5.74, 6) is 0.614. The standard InChI is InChI=1S/C13H17N3Se/c1-2-3-6-9-17-13-15-11-8-5-4-7-10(11)12(14)16-13/h4-5,7-8H,2-3,6,9H2,1H3,(H2,14,15,16). The summed E-state index contributed by atoms with van der Waals surface area (Å²) in [6.45, 7) is 2.22. The Morgan fingerprint density at radius 2 is 2.00 bits per heavy atom. The van der Waals surface area contributed by atoms with Gasteiger partial charge in [-0.2, -0.15) is 0 Å². The number of hydrogen-bond donors (Lipinski definition) is 1. The van der Waals surface area contributed by atoms with Gasteiger partial charge in [0.05, 0.1) is 0 Å². The summed E-state index contributed by atoms with van der Waals surface area (Å²) in [7, 11) is 0. The molecule has 2 aromatic rings. The zero-order chi connectivity index (χ0) is 12.1. The molecule has 4 heteroatoms. The van der Waals surface area contributed by atoms with Gasteiger partial charge in [0.15, 0.2) is 0 Å². The van der Waals surface area contributed by atoms with Crippen molar-refractivity contribution < 1.29 is 0 Å². The maximum absolute atomic E-state index is 5.95. The number of fused-ring (bicyclic) bond motifs is 1. The molecule has 17 heavy (non-hydrogen) atoms. The summed E-state index contributed by atoms with van der Waals surface area (Å²) in [6.07, 6.45) is 3.83. The van der Waals surface area contributed by atoms with Gasteiger partial charge in [-0.05, 0) is 0 Å². The Hall–Kier alpha value is -1.12. The molecule has 0 aliphatic rings.